The first-order valence-corrected chi connectivity index (χ1v) is 9.06. The van der Waals surface area contributed by atoms with Crippen LogP contribution in [0.4, 0.5) is 10.1 Å². The van der Waals surface area contributed by atoms with Crippen molar-refractivity contribution in [2.45, 2.75) is 20.4 Å². The molecule has 0 saturated carbocycles. The highest BCUT2D eigenvalue weighted by Crippen LogP contribution is 2.18. The number of halogens is 1. The molecule has 1 amide bonds. The zero-order chi connectivity index (χ0) is 19.8. The average Bonchev–Trinajstić information content (AvgIpc) is 3.09. The van der Waals surface area contributed by atoms with Crippen LogP contribution in [0.1, 0.15) is 11.5 Å². The lowest BCUT2D eigenvalue weighted by atomic mass is 10.2. The van der Waals surface area contributed by atoms with Gasteiger partial charge in [-0.2, -0.15) is 5.10 Å². The lowest BCUT2D eigenvalue weighted by Gasteiger charge is -2.36. The van der Waals surface area contributed by atoms with Crippen LogP contribution in [0, 0.1) is 19.7 Å². The number of fused-ring (bicyclic) bond motifs is 1. The fourth-order valence-corrected chi connectivity index (χ4v) is 3.54. The van der Waals surface area contributed by atoms with E-state index in [4.69, 9.17) is 4.52 Å². The highest BCUT2D eigenvalue weighted by Gasteiger charge is 2.23. The highest BCUT2D eigenvalue weighted by molar-refractivity contribution is 5.82. The zero-order valence-corrected chi connectivity index (χ0v) is 15.7. The summed E-state index contributed by atoms with van der Waals surface area (Å²) in [6.45, 7) is 5.66. The number of nitrogens with zero attached hydrogens (tertiary/aromatic N) is 5. The molecule has 0 bridgehead atoms. The third-order valence-corrected chi connectivity index (χ3v) is 5.04. The Bertz CT molecular complexity index is 1080. The summed E-state index contributed by atoms with van der Waals surface area (Å²) >= 11 is 0. The fraction of sp³-hybridized carbons (Fsp3) is 0.368. The van der Waals surface area contributed by atoms with Crippen molar-refractivity contribution in [3.63, 3.8) is 0 Å². The predicted molar refractivity (Wildman–Crippen MR) is 101 cm³/mol. The summed E-state index contributed by atoms with van der Waals surface area (Å²) in [4.78, 5) is 29.0. The van der Waals surface area contributed by atoms with Gasteiger partial charge in [-0.05, 0) is 38.1 Å². The van der Waals surface area contributed by atoms with Gasteiger partial charge in [0.05, 0.1) is 11.1 Å². The number of anilines is 1. The Morgan fingerprint density at radius 3 is 2.50 bits per heavy atom. The van der Waals surface area contributed by atoms with Crippen molar-refractivity contribution in [2.24, 2.45) is 0 Å². The molecule has 0 aliphatic carbocycles. The Morgan fingerprint density at radius 2 is 1.82 bits per heavy atom. The standard InChI is InChI=1S/C19H20FN5O3/c1-12-17-13(2)28-22-18(17)19(27)25(21-12)11-16(26)24-9-7-23(8-10-24)15-5-3-14(20)4-6-15/h3-6H,7-11H2,1-2H3. The third kappa shape index (κ3) is 3.23. The first-order valence-electron chi connectivity index (χ1n) is 9.06. The molecule has 9 heteroatoms. The number of hydrogen-bond acceptors (Lipinski definition) is 6. The van der Waals surface area contributed by atoms with Crippen LogP contribution in [0.5, 0.6) is 0 Å². The smallest absolute Gasteiger partial charge is 0.297 e. The van der Waals surface area contributed by atoms with Gasteiger partial charge in [0.2, 0.25) is 5.91 Å². The molecule has 1 saturated heterocycles. The predicted octanol–water partition coefficient (Wildman–Crippen LogP) is 1.49. The van der Waals surface area contributed by atoms with E-state index in [1.54, 1.807) is 30.9 Å². The topological polar surface area (TPSA) is 84.5 Å². The monoisotopic (exact) mass is 385 g/mol. The third-order valence-electron chi connectivity index (χ3n) is 5.04. The van der Waals surface area contributed by atoms with Crippen LogP contribution in [0.2, 0.25) is 0 Å². The van der Waals surface area contributed by atoms with Crippen LogP contribution in [0.3, 0.4) is 0 Å². The second-order valence-electron chi connectivity index (χ2n) is 6.85. The van der Waals surface area contributed by atoms with Gasteiger partial charge in [-0.3, -0.25) is 9.59 Å². The molecule has 2 aromatic heterocycles. The maximum Gasteiger partial charge on any atom is 0.297 e. The summed E-state index contributed by atoms with van der Waals surface area (Å²) in [5.74, 6) is 0.0879. The summed E-state index contributed by atoms with van der Waals surface area (Å²) in [6, 6.07) is 6.31. The number of benzene rings is 1. The molecule has 0 atom stereocenters. The molecular formula is C19H20FN5O3. The first kappa shape index (κ1) is 18.1. The first-order chi connectivity index (χ1) is 13.4. The molecule has 0 spiro atoms. The van der Waals surface area contributed by atoms with Crippen molar-refractivity contribution in [3.8, 4) is 0 Å². The maximum absolute atomic E-state index is 13.1. The minimum atomic E-state index is -0.434. The quantitative estimate of drug-likeness (QED) is 0.679. The van der Waals surface area contributed by atoms with Gasteiger partial charge >= 0.3 is 0 Å². The van der Waals surface area contributed by atoms with Crippen LogP contribution in [-0.4, -0.2) is 51.9 Å². The molecule has 0 unspecified atom stereocenters. The number of aryl methyl sites for hydroxylation is 2. The van der Waals surface area contributed by atoms with Gasteiger partial charge < -0.3 is 14.3 Å². The second kappa shape index (κ2) is 7.06. The van der Waals surface area contributed by atoms with E-state index in [0.29, 0.717) is 43.0 Å². The van der Waals surface area contributed by atoms with Gasteiger partial charge in [0.1, 0.15) is 18.1 Å². The normalized spacial score (nSPS) is 14.7. The Balaban J connectivity index is 1.45. The Hall–Kier alpha value is -3.23. The summed E-state index contributed by atoms with van der Waals surface area (Å²) in [5.41, 5.74) is 1.28. The molecular weight excluding hydrogens is 365 g/mol. The van der Waals surface area contributed by atoms with Crippen molar-refractivity contribution in [1.29, 1.82) is 0 Å². The van der Waals surface area contributed by atoms with E-state index >= 15 is 0 Å². The maximum atomic E-state index is 13.1. The van der Waals surface area contributed by atoms with Crippen LogP contribution in [0.15, 0.2) is 33.6 Å². The highest BCUT2D eigenvalue weighted by atomic mass is 19.1. The lowest BCUT2D eigenvalue weighted by Crippen LogP contribution is -2.50. The van der Waals surface area contributed by atoms with Crippen LogP contribution >= 0.6 is 0 Å². The number of amides is 1. The van der Waals surface area contributed by atoms with E-state index in [-0.39, 0.29) is 23.8 Å². The summed E-state index contributed by atoms with van der Waals surface area (Å²) in [7, 11) is 0. The molecule has 1 aromatic carbocycles. The number of aromatic nitrogens is 3. The molecule has 0 radical (unpaired) electrons. The van der Waals surface area contributed by atoms with E-state index in [1.807, 2.05) is 0 Å². The van der Waals surface area contributed by atoms with E-state index in [2.05, 4.69) is 15.2 Å². The Kier molecular flexibility index (Phi) is 4.58. The molecule has 0 N–H and O–H groups in total. The summed E-state index contributed by atoms with van der Waals surface area (Å²) < 4.78 is 19.3. The van der Waals surface area contributed by atoms with Gasteiger partial charge in [-0.25, -0.2) is 9.07 Å². The number of carbonyl (C=O) groups is 1. The minimum Gasteiger partial charge on any atom is -0.368 e. The van der Waals surface area contributed by atoms with Crippen molar-refractivity contribution < 1.29 is 13.7 Å². The molecule has 1 aliphatic heterocycles. The summed E-state index contributed by atoms with van der Waals surface area (Å²) in [6.07, 6.45) is 0. The van der Waals surface area contributed by atoms with E-state index in [9.17, 15) is 14.0 Å². The number of carbonyl (C=O) groups excluding carboxylic acids is 1. The van der Waals surface area contributed by atoms with E-state index in [0.717, 1.165) is 10.4 Å². The minimum absolute atomic E-state index is 0.141. The van der Waals surface area contributed by atoms with Crippen molar-refractivity contribution in [1.82, 2.24) is 19.8 Å². The van der Waals surface area contributed by atoms with Gasteiger partial charge in [0.25, 0.3) is 5.56 Å². The SMILES string of the molecule is Cc1nn(CC(=O)N2CCN(c3ccc(F)cc3)CC2)c(=O)c2noc(C)c12. The molecule has 1 aliphatic rings. The number of piperazine rings is 1. The van der Waals surface area contributed by atoms with Crippen molar-refractivity contribution in [2.75, 3.05) is 31.1 Å². The van der Waals surface area contributed by atoms with Gasteiger partial charge in [-0.15, -0.1) is 0 Å². The summed E-state index contributed by atoms with van der Waals surface area (Å²) in [5, 5.41) is 8.65. The Labute approximate surface area is 160 Å². The van der Waals surface area contributed by atoms with Crippen molar-refractivity contribution >= 4 is 22.5 Å². The van der Waals surface area contributed by atoms with E-state index in [1.165, 1.54) is 12.1 Å². The number of hydrogen-bond donors (Lipinski definition) is 0. The average molecular weight is 385 g/mol. The molecule has 28 heavy (non-hydrogen) atoms. The molecule has 146 valence electrons. The fourth-order valence-electron chi connectivity index (χ4n) is 3.54. The molecule has 1 fully saturated rings. The van der Waals surface area contributed by atoms with Gasteiger partial charge in [-0.1, -0.05) is 5.16 Å². The van der Waals surface area contributed by atoms with Crippen molar-refractivity contribution in [3.05, 3.63) is 51.9 Å². The van der Waals surface area contributed by atoms with Gasteiger partial charge in [0, 0.05) is 31.9 Å². The molecule has 4 rings (SSSR count). The van der Waals surface area contributed by atoms with E-state index < -0.39 is 5.56 Å². The van der Waals surface area contributed by atoms with Crippen LogP contribution in [0.25, 0.3) is 10.9 Å². The number of rotatable bonds is 3. The molecule has 3 aromatic rings. The van der Waals surface area contributed by atoms with Crippen LogP contribution in [-0.2, 0) is 11.3 Å². The largest absolute Gasteiger partial charge is 0.368 e. The Morgan fingerprint density at radius 1 is 1.14 bits per heavy atom. The molecule has 3 heterocycles. The molecule has 8 nitrogen and oxygen atoms in total. The zero-order valence-electron chi connectivity index (χ0n) is 15.7. The van der Waals surface area contributed by atoms with Gasteiger partial charge in [0.15, 0.2) is 5.52 Å². The second-order valence-corrected chi connectivity index (χ2v) is 6.85. The lowest BCUT2D eigenvalue weighted by molar-refractivity contribution is -0.132. The van der Waals surface area contributed by atoms with Crippen LogP contribution < -0.4 is 10.5 Å².